The Morgan fingerprint density at radius 1 is 1.30 bits per heavy atom. The predicted molar refractivity (Wildman–Crippen MR) is 86.6 cm³/mol. The van der Waals surface area contributed by atoms with E-state index in [1.807, 2.05) is 18.2 Å². The average molecular weight is 294 g/mol. The highest BCUT2D eigenvalue weighted by molar-refractivity contribution is 6.31. The number of hydrogen-bond donors (Lipinski definition) is 1. The summed E-state index contributed by atoms with van der Waals surface area (Å²) in [5, 5.41) is 4.25. The molecule has 0 saturated carbocycles. The first-order chi connectivity index (χ1) is 9.81. The van der Waals surface area contributed by atoms with Crippen LogP contribution in [0.2, 0.25) is 5.02 Å². The fraction of sp³-hybridized carbons (Fsp3) is 0.562. The minimum atomic E-state index is 0.851. The van der Waals surface area contributed by atoms with E-state index in [1.165, 1.54) is 18.4 Å². The molecule has 3 nitrogen and oxygen atoms in total. The van der Waals surface area contributed by atoms with E-state index in [2.05, 4.69) is 23.2 Å². The summed E-state index contributed by atoms with van der Waals surface area (Å²) in [6.07, 6.45) is 4.59. The van der Waals surface area contributed by atoms with Gasteiger partial charge in [0.15, 0.2) is 5.96 Å². The van der Waals surface area contributed by atoms with Gasteiger partial charge in [-0.3, -0.25) is 4.99 Å². The quantitative estimate of drug-likeness (QED) is 0.512. The van der Waals surface area contributed by atoms with Crippen molar-refractivity contribution in [3.8, 4) is 0 Å². The van der Waals surface area contributed by atoms with Crippen LogP contribution in [0.25, 0.3) is 0 Å². The second-order valence-electron chi connectivity index (χ2n) is 5.12. The molecule has 0 spiro atoms. The second-order valence-corrected chi connectivity index (χ2v) is 5.53. The third-order valence-corrected chi connectivity index (χ3v) is 3.93. The maximum absolute atomic E-state index is 6.16. The van der Waals surface area contributed by atoms with Gasteiger partial charge >= 0.3 is 0 Å². The van der Waals surface area contributed by atoms with Crippen LogP contribution in [0.1, 0.15) is 31.7 Å². The molecule has 0 amide bonds. The number of aryl methyl sites for hydroxylation is 1. The van der Waals surface area contributed by atoms with Crippen molar-refractivity contribution in [2.75, 3.05) is 26.2 Å². The van der Waals surface area contributed by atoms with Crippen LogP contribution >= 0.6 is 11.6 Å². The van der Waals surface area contributed by atoms with Crippen LogP contribution in [0.4, 0.5) is 0 Å². The number of nitrogens with zero attached hydrogens (tertiary/aromatic N) is 2. The van der Waals surface area contributed by atoms with Crippen molar-refractivity contribution < 1.29 is 0 Å². The summed E-state index contributed by atoms with van der Waals surface area (Å²) in [5.41, 5.74) is 1.22. The van der Waals surface area contributed by atoms with Crippen LogP contribution in [0.15, 0.2) is 29.3 Å². The zero-order valence-electron chi connectivity index (χ0n) is 12.2. The molecule has 1 aliphatic rings. The molecular weight excluding hydrogens is 270 g/mol. The predicted octanol–water partition coefficient (Wildman–Crippen LogP) is 3.33. The molecule has 1 aliphatic heterocycles. The van der Waals surface area contributed by atoms with E-state index in [9.17, 15) is 0 Å². The summed E-state index contributed by atoms with van der Waals surface area (Å²) in [5.74, 6) is 1.07. The maximum Gasteiger partial charge on any atom is 0.193 e. The number of aliphatic imine (C=N–C) groups is 1. The molecule has 0 aromatic heterocycles. The van der Waals surface area contributed by atoms with E-state index in [-0.39, 0.29) is 0 Å². The minimum absolute atomic E-state index is 0.851. The van der Waals surface area contributed by atoms with Crippen molar-refractivity contribution >= 4 is 17.6 Å². The normalized spacial score (nSPS) is 15.7. The Morgan fingerprint density at radius 3 is 2.75 bits per heavy atom. The van der Waals surface area contributed by atoms with Gasteiger partial charge in [0, 0.05) is 31.2 Å². The molecule has 1 heterocycles. The van der Waals surface area contributed by atoms with Crippen molar-refractivity contribution in [1.29, 1.82) is 0 Å². The van der Waals surface area contributed by atoms with Gasteiger partial charge < -0.3 is 10.2 Å². The molecule has 0 bridgehead atoms. The van der Waals surface area contributed by atoms with Gasteiger partial charge in [-0.25, -0.2) is 0 Å². The SMILES string of the molecule is CCNC(=NCCCc1ccccc1Cl)N1CCCC1. The van der Waals surface area contributed by atoms with E-state index in [1.54, 1.807) is 0 Å². The Hall–Kier alpha value is -1.22. The standard InChI is InChI=1S/C16H24ClN3/c1-2-18-16(20-12-5-6-13-20)19-11-7-9-14-8-3-4-10-15(14)17/h3-4,8,10H,2,5-7,9,11-13H2,1H3,(H,18,19). The largest absolute Gasteiger partial charge is 0.357 e. The molecule has 1 N–H and O–H groups in total. The number of halogens is 1. The van der Waals surface area contributed by atoms with E-state index in [0.717, 1.165) is 50.0 Å². The maximum atomic E-state index is 6.16. The van der Waals surface area contributed by atoms with Gasteiger partial charge in [-0.05, 0) is 44.2 Å². The zero-order chi connectivity index (χ0) is 14.2. The van der Waals surface area contributed by atoms with Crippen LogP contribution in [0.3, 0.4) is 0 Å². The smallest absolute Gasteiger partial charge is 0.193 e. The van der Waals surface area contributed by atoms with Crippen LogP contribution < -0.4 is 5.32 Å². The first-order valence-electron chi connectivity index (χ1n) is 7.58. The highest BCUT2D eigenvalue weighted by Gasteiger charge is 2.15. The summed E-state index contributed by atoms with van der Waals surface area (Å²) in [7, 11) is 0. The van der Waals surface area contributed by atoms with Gasteiger partial charge in [0.05, 0.1) is 0 Å². The van der Waals surface area contributed by atoms with E-state index < -0.39 is 0 Å². The molecule has 1 aromatic rings. The summed E-state index contributed by atoms with van der Waals surface area (Å²) < 4.78 is 0. The Labute approximate surface area is 127 Å². The van der Waals surface area contributed by atoms with Crippen molar-refractivity contribution in [1.82, 2.24) is 10.2 Å². The number of nitrogens with one attached hydrogen (secondary N) is 1. The molecular formula is C16H24ClN3. The lowest BCUT2D eigenvalue weighted by atomic mass is 10.1. The van der Waals surface area contributed by atoms with Crippen LogP contribution in [0, 0.1) is 0 Å². The lowest BCUT2D eigenvalue weighted by Crippen LogP contribution is -2.39. The van der Waals surface area contributed by atoms with E-state index in [0.29, 0.717) is 0 Å². The highest BCUT2D eigenvalue weighted by atomic mass is 35.5. The minimum Gasteiger partial charge on any atom is -0.357 e. The lowest BCUT2D eigenvalue weighted by molar-refractivity contribution is 0.493. The monoisotopic (exact) mass is 293 g/mol. The summed E-state index contributed by atoms with van der Waals surface area (Å²) in [4.78, 5) is 7.09. The molecule has 4 heteroatoms. The van der Waals surface area contributed by atoms with Crippen LogP contribution in [0.5, 0.6) is 0 Å². The third kappa shape index (κ3) is 4.41. The number of guanidine groups is 1. The van der Waals surface area contributed by atoms with Crippen LogP contribution in [-0.2, 0) is 6.42 Å². The molecule has 0 atom stereocenters. The van der Waals surface area contributed by atoms with Crippen molar-refractivity contribution in [3.05, 3.63) is 34.9 Å². The molecule has 1 fully saturated rings. The Bertz CT molecular complexity index is 439. The molecule has 1 saturated heterocycles. The van der Waals surface area contributed by atoms with Gasteiger partial charge in [0.25, 0.3) is 0 Å². The van der Waals surface area contributed by atoms with Gasteiger partial charge in [-0.1, -0.05) is 29.8 Å². The molecule has 110 valence electrons. The molecule has 0 radical (unpaired) electrons. The molecule has 2 rings (SSSR count). The zero-order valence-corrected chi connectivity index (χ0v) is 13.0. The Kier molecular flexibility index (Phi) is 6.19. The first kappa shape index (κ1) is 15.2. The Morgan fingerprint density at radius 2 is 2.05 bits per heavy atom. The van der Waals surface area contributed by atoms with Crippen molar-refractivity contribution in [2.24, 2.45) is 4.99 Å². The highest BCUT2D eigenvalue weighted by Crippen LogP contribution is 2.16. The van der Waals surface area contributed by atoms with Crippen molar-refractivity contribution in [2.45, 2.75) is 32.6 Å². The number of hydrogen-bond acceptors (Lipinski definition) is 1. The summed E-state index contributed by atoms with van der Waals surface area (Å²) in [6.45, 7) is 6.17. The molecule has 0 aliphatic carbocycles. The molecule has 1 aromatic carbocycles. The third-order valence-electron chi connectivity index (χ3n) is 3.56. The average Bonchev–Trinajstić information content (AvgIpc) is 2.98. The van der Waals surface area contributed by atoms with Crippen molar-refractivity contribution in [3.63, 3.8) is 0 Å². The number of benzene rings is 1. The van der Waals surface area contributed by atoms with Gasteiger partial charge in [0.1, 0.15) is 0 Å². The van der Waals surface area contributed by atoms with Gasteiger partial charge in [-0.2, -0.15) is 0 Å². The van der Waals surface area contributed by atoms with E-state index in [4.69, 9.17) is 16.6 Å². The van der Waals surface area contributed by atoms with Crippen LogP contribution in [-0.4, -0.2) is 37.0 Å². The first-order valence-corrected chi connectivity index (χ1v) is 7.95. The van der Waals surface area contributed by atoms with Gasteiger partial charge in [0.2, 0.25) is 0 Å². The topological polar surface area (TPSA) is 27.6 Å². The fourth-order valence-corrected chi connectivity index (χ4v) is 2.74. The fourth-order valence-electron chi connectivity index (χ4n) is 2.51. The Balaban J connectivity index is 1.82. The molecule has 0 unspecified atom stereocenters. The number of likely N-dealkylation sites (tertiary alicyclic amines) is 1. The lowest BCUT2D eigenvalue weighted by Gasteiger charge is -2.20. The summed E-state index contributed by atoms with van der Waals surface area (Å²) >= 11 is 6.16. The number of rotatable bonds is 5. The second kappa shape index (κ2) is 8.15. The summed E-state index contributed by atoms with van der Waals surface area (Å²) in [6, 6.07) is 8.06. The molecule has 20 heavy (non-hydrogen) atoms. The van der Waals surface area contributed by atoms with Gasteiger partial charge in [-0.15, -0.1) is 0 Å². The van der Waals surface area contributed by atoms with E-state index >= 15 is 0 Å².